The van der Waals surface area contributed by atoms with E-state index in [-0.39, 0.29) is 30.8 Å². The number of hydrogen-bond acceptors (Lipinski definition) is 5. The van der Waals surface area contributed by atoms with E-state index in [1.807, 2.05) is 31.2 Å². The molecule has 0 aromatic heterocycles. The highest BCUT2D eigenvalue weighted by atomic mass is 19.4. The molecule has 0 spiro atoms. The molecule has 218 valence electrons. The molecule has 40 heavy (non-hydrogen) atoms. The number of nitrogens with zero attached hydrogens (tertiary/aromatic N) is 2. The number of alkyl halides is 3. The summed E-state index contributed by atoms with van der Waals surface area (Å²) in [6.45, 7) is 3.75. The number of halogens is 3. The quantitative estimate of drug-likeness (QED) is 0.389. The zero-order valence-electron chi connectivity index (χ0n) is 23.0. The number of benzene rings is 2. The van der Waals surface area contributed by atoms with Crippen molar-refractivity contribution < 1.29 is 46.7 Å². The monoisotopic (exact) mass is 566 g/mol. The summed E-state index contributed by atoms with van der Waals surface area (Å²) in [5.41, 5.74) is 2.80. The molecule has 2 unspecified atom stereocenters. The van der Waals surface area contributed by atoms with Crippen LogP contribution in [0.4, 0.5) is 18.9 Å². The molecule has 1 aliphatic heterocycles. The summed E-state index contributed by atoms with van der Waals surface area (Å²) in [6, 6.07) is 15.5. The Morgan fingerprint density at radius 1 is 1.05 bits per heavy atom. The van der Waals surface area contributed by atoms with Gasteiger partial charge in [0.05, 0.1) is 31.5 Å². The van der Waals surface area contributed by atoms with Crippen LogP contribution in [0.3, 0.4) is 0 Å². The molecular formula is C28H35F3N3O6+. The number of carboxylic acids is 1. The number of anilines is 1. The van der Waals surface area contributed by atoms with Gasteiger partial charge in [-0.1, -0.05) is 42.5 Å². The van der Waals surface area contributed by atoms with Gasteiger partial charge < -0.3 is 24.5 Å². The molecule has 0 saturated carbocycles. The average molecular weight is 567 g/mol. The van der Waals surface area contributed by atoms with Gasteiger partial charge in [0.2, 0.25) is 0 Å². The predicted molar refractivity (Wildman–Crippen MR) is 142 cm³/mol. The minimum atomic E-state index is -5.08. The minimum absolute atomic E-state index is 0.00246. The number of aliphatic carboxylic acids is 1. The van der Waals surface area contributed by atoms with Gasteiger partial charge in [0.15, 0.2) is 13.1 Å². The Bertz CT molecular complexity index is 1200. The van der Waals surface area contributed by atoms with Crippen LogP contribution in [0.2, 0.25) is 0 Å². The highest BCUT2D eigenvalue weighted by molar-refractivity contribution is 6.02. The van der Waals surface area contributed by atoms with Crippen LogP contribution >= 0.6 is 0 Å². The molecule has 2 aromatic rings. The lowest BCUT2D eigenvalue weighted by molar-refractivity contribution is -0.919. The van der Waals surface area contributed by atoms with Crippen LogP contribution in [-0.4, -0.2) is 91.8 Å². The van der Waals surface area contributed by atoms with Crippen molar-refractivity contribution in [3.8, 4) is 0 Å². The number of carboxylic acid groups (broad SMARTS) is 1. The van der Waals surface area contributed by atoms with E-state index in [4.69, 9.17) is 14.6 Å². The third kappa shape index (κ3) is 9.08. The van der Waals surface area contributed by atoms with Crippen molar-refractivity contribution in [1.29, 1.82) is 0 Å². The second kappa shape index (κ2) is 13.9. The lowest BCUT2D eigenvalue weighted by Gasteiger charge is -2.44. The molecule has 9 nitrogen and oxygen atoms in total. The van der Waals surface area contributed by atoms with Gasteiger partial charge in [-0.25, -0.2) is 9.59 Å². The number of quaternary nitrogens is 1. The smallest absolute Gasteiger partial charge is 0.475 e. The van der Waals surface area contributed by atoms with Gasteiger partial charge in [-0.3, -0.25) is 9.59 Å². The number of carbonyl (C=O) groups is 4. The van der Waals surface area contributed by atoms with E-state index >= 15 is 0 Å². The van der Waals surface area contributed by atoms with E-state index < -0.39 is 18.1 Å². The SMILES string of the molecule is COC(=O)c1cccc(C)c1NC(=O)C[N+]1(CC(=O)N(C)C)CCCC(c2ccccc2)C1.O=C(O)C(F)(F)F. The largest absolute Gasteiger partial charge is 0.490 e. The number of piperidine rings is 1. The van der Waals surface area contributed by atoms with Crippen molar-refractivity contribution in [1.82, 2.24) is 4.90 Å². The maximum atomic E-state index is 13.3. The summed E-state index contributed by atoms with van der Waals surface area (Å²) in [4.78, 5) is 48.7. The van der Waals surface area contributed by atoms with Crippen molar-refractivity contribution in [3.05, 3.63) is 65.2 Å². The number of likely N-dealkylation sites (N-methyl/N-ethyl adjacent to an activating group) is 1. The third-order valence-electron chi connectivity index (χ3n) is 6.70. The first kappa shape index (κ1) is 32.3. The standard InChI is InChI=1S/C26H33N3O4.C2HF3O2/c1-19-10-8-14-22(26(32)33-4)25(19)27-23(30)17-29(18-24(31)28(2)3)15-9-13-21(16-29)20-11-6-5-7-12-20;3-2(4,5)1(6)7/h5-8,10-12,14,21H,9,13,15-18H2,1-4H3;(H,6,7)/p+1. The maximum Gasteiger partial charge on any atom is 0.490 e. The molecule has 2 amide bonds. The van der Waals surface area contributed by atoms with E-state index in [1.165, 1.54) is 12.7 Å². The number of aryl methyl sites for hydroxylation is 1. The lowest BCUT2D eigenvalue weighted by atomic mass is 9.88. The Hall–Kier alpha value is -3.93. The van der Waals surface area contributed by atoms with Crippen LogP contribution in [0.1, 0.15) is 40.2 Å². The number of likely N-dealkylation sites (tertiary alicyclic amines) is 1. The van der Waals surface area contributed by atoms with E-state index in [0.717, 1.165) is 24.9 Å². The Labute approximate surface area is 231 Å². The number of amides is 2. The van der Waals surface area contributed by atoms with Gasteiger partial charge in [-0.15, -0.1) is 0 Å². The maximum absolute atomic E-state index is 13.3. The lowest BCUT2D eigenvalue weighted by Crippen LogP contribution is -2.60. The number of carbonyl (C=O) groups excluding carboxylic acids is 3. The molecule has 2 aromatic carbocycles. The first-order chi connectivity index (χ1) is 18.7. The van der Waals surface area contributed by atoms with E-state index in [2.05, 4.69) is 17.4 Å². The highest BCUT2D eigenvalue weighted by Gasteiger charge is 2.40. The second-order valence-electron chi connectivity index (χ2n) is 9.94. The fourth-order valence-electron chi connectivity index (χ4n) is 4.69. The van der Waals surface area contributed by atoms with Crippen LogP contribution < -0.4 is 5.32 Å². The van der Waals surface area contributed by atoms with Crippen molar-refractivity contribution in [3.63, 3.8) is 0 Å². The first-order valence-corrected chi connectivity index (χ1v) is 12.6. The Kier molecular flexibility index (Phi) is 11.2. The number of methoxy groups -OCH3 is 1. The summed E-state index contributed by atoms with van der Waals surface area (Å²) in [5.74, 6) is -3.18. The Balaban J connectivity index is 0.000000708. The van der Waals surface area contributed by atoms with Crippen LogP contribution in [0, 0.1) is 6.92 Å². The second-order valence-corrected chi connectivity index (χ2v) is 9.94. The first-order valence-electron chi connectivity index (χ1n) is 12.6. The van der Waals surface area contributed by atoms with E-state index in [0.29, 0.717) is 22.3 Å². The fraction of sp³-hybridized carbons (Fsp3) is 0.429. The Morgan fingerprint density at radius 3 is 2.23 bits per heavy atom. The summed E-state index contributed by atoms with van der Waals surface area (Å²) >= 11 is 0. The van der Waals surface area contributed by atoms with Crippen LogP contribution in [0.25, 0.3) is 0 Å². The van der Waals surface area contributed by atoms with Crippen molar-refractivity contribution in [2.24, 2.45) is 0 Å². The van der Waals surface area contributed by atoms with Crippen LogP contribution in [-0.2, 0) is 19.1 Å². The van der Waals surface area contributed by atoms with Crippen LogP contribution in [0.5, 0.6) is 0 Å². The molecule has 2 atom stereocenters. The molecule has 1 heterocycles. The van der Waals surface area contributed by atoms with Gasteiger partial charge in [0, 0.05) is 20.0 Å². The predicted octanol–water partition coefficient (Wildman–Crippen LogP) is 3.84. The number of esters is 1. The number of hydrogen-bond donors (Lipinski definition) is 2. The number of para-hydroxylation sites is 1. The summed E-state index contributed by atoms with van der Waals surface area (Å²) in [7, 11) is 4.81. The van der Waals surface area contributed by atoms with Crippen LogP contribution in [0.15, 0.2) is 48.5 Å². The number of ether oxygens (including phenoxy) is 1. The Morgan fingerprint density at radius 2 is 1.68 bits per heavy atom. The molecule has 12 heteroatoms. The van der Waals surface area contributed by atoms with Crippen molar-refractivity contribution in [2.75, 3.05) is 52.7 Å². The molecule has 1 aliphatic rings. The molecule has 0 bridgehead atoms. The molecule has 0 radical (unpaired) electrons. The summed E-state index contributed by atoms with van der Waals surface area (Å²) in [6.07, 6.45) is -3.11. The molecule has 3 rings (SSSR count). The molecule has 2 N–H and O–H groups in total. The molecule has 1 fully saturated rings. The van der Waals surface area contributed by atoms with E-state index in [1.54, 1.807) is 31.1 Å². The molecule has 1 saturated heterocycles. The van der Waals surface area contributed by atoms with Gasteiger partial charge in [-0.05, 0) is 37.0 Å². The topological polar surface area (TPSA) is 113 Å². The number of rotatable bonds is 7. The minimum Gasteiger partial charge on any atom is -0.475 e. The van der Waals surface area contributed by atoms with Gasteiger partial charge in [0.1, 0.15) is 0 Å². The zero-order valence-corrected chi connectivity index (χ0v) is 23.0. The fourth-order valence-corrected chi connectivity index (χ4v) is 4.69. The van der Waals surface area contributed by atoms with Gasteiger partial charge in [-0.2, -0.15) is 13.2 Å². The number of nitrogens with one attached hydrogen (secondary N) is 1. The van der Waals surface area contributed by atoms with Gasteiger partial charge in [0.25, 0.3) is 11.8 Å². The molecule has 0 aliphatic carbocycles. The van der Waals surface area contributed by atoms with Crippen molar-refractivity contribution >= 4 is 29.4 Å². The highest BCUT2D eigenvalue weighted by Crippen LogP contribution is 2.32. The normalized spacial score (nSPS) is 18.5. The van der Waals surface area contributed by atoms with Crippen molar-refractivity contribution in [2.45, 2.75) is 31.9 Å². The van der Waals surface area contributed by atoms with E-state index in [9.17, 15) is 27.6 Å². The summed E-state index contributed by atoms with van der Waals surface area (Å²) < 4.78 is 37.0. The third-order valence-corrected chi connectivity index (χ3v) is 6.70. The molecular weight excluding hydrogens is 531 g/mol. The van der Waals surface area contributed by atoms with Gasteiger partial charge >= 0.3 is 18.1 Å². The zero-order chi connectivity index (χ0) is 30.1. The average Bonchev–Trinajstić information content (AvgIpc) is 2.89. The summed E-state index contributed by atoms with van der Waals surface area (Å²) in [5, 5.41) is 10.1.